The molecule has 0 fully saturated rings. The van der Waals surface area contributed by atoms with Crippen LogP contribution < -0.4 is 0 Å². The quantitative estimate of drug-likeness (QED) is 0.801. The first-order chi connectivity index (χ1) is 6.36. The van der Waals surface area contributed by atoms with Crippen molar-refractivity contribution in [3.05, 3.63) is 46.7 Å². The largest absolute Gasteiger partial charge is 0.248 e. The Balaban J connectivity index is 2.24. The van der Waals surface area contributed by atoms with E-state index < -0.39 is 0 Å². The minimum atomic E-state index is 0.751. The Labute approximate surface area is 84.5 Å². The Hall–Kier alpha value is -1.16. The maximum atomic E-state index is 3.90. The lowest BCUT2D eigenvalue weighted by atomic mass is 10.2. The minimum absolute atomic E-state index is 0.751. The highest BCUT2D eigenvalue weighted by Gasteiger charge is 1.98. The molecule has 2 rings (SSSR count). The molecule has 1 heterocycles. The van der Waals surface area contributed by atoms with Gasteiger partial charge in [-0.3, -0.25) is 0 Å². The fourth-order valence-corrected chi connectivity index (χ4v) is 1.53. The molecule has 3 nitrogen and oxygen atoms in total. The average molecular weight is 238 g/mol. The summed E-state index contributed by atoms with van der Waals surface area (Å²) in [5.41, 5.74) is 1.20. The Bertz CT molecular complexity index is 384. The molecule has 0 aliphatic rings. The van der Waals surface area contributed by atoms with Crippen LogP contribution in [0, 0.1) is 0 Å². The maximum absolute atomic E-state index is 3.90. The average Bonchev–Trinajstić information content (AvgIpc) is 2.61. The van der Waals surface area contributed by atoms with Crippen molar-refractivity contribution in [2.45, 2.75) is 6.54 Å². The molecule has 66 valence electrons. The summed E-state index contributed by atoms with van der Waals surface area (Å²) in [6.07, 6.45) is 3.52. The first-order valence-corrected chi connectivity index (χ1v) is 4.73. The van der Waals surface area contributed by atoms with E-state index in [2.05, 4.69) is 32.3 Å². The van der Waals surface area contributed by atoms with Crippen molar-refractivity contribution >= 4 is 15.9 Å². The van der Waals surface area contributed by atoms with E-state index in [9.17, 15) is 0 Å². The summed E-state index contributed by atoms with van der Waals surface area (Å²) in [6.45, 7) is 0.751. The van der Waals surface area contributed by atoms with Gasteiger partial charge in [0, 0.05) is 10.7 Å². The number of benzene rings is 1. The van der Waals surface area contributed by atoms with Gasteiger partial charge in [0.1, 0.15) is 0 Å². The van der Waals surface area contributed by atoms with Gasteiger partial charge in [-0.15, -0.1) is 5.10 Å². The van der Waals surface area contributed by atoms with Crippen LogP contribution in [0.15, 0.2) is 41.1 Å². The van der Waals surface area contributed by atoms with Crippen LogP contribution in [0.4, 0.5) is 0 Å². The van der Waals surface area contributed by atoms with Gasteiger partial charge >= 0.3 is 0 Å². The van der Waals surface area contributed by atoms with Gasteiger partial charge in [0.2, 0.25) is 0 Å². The lowest BCUT2D eigenvalue weighted by molar-refractivity contribution is 0.648. The molecule has 0 bridgehead atoms. The number of nitrogens with zero attached hydrogens (tertiary/aromatic N) is 3. The molecule has 0 saturated heterocycles. The van der Waals surface area contributed by atoms with Crippen molar-refractivity contribution in [2.24, 2.45) is 0 Å². The van der Waals surface area contributed by atoms with Crippen molar-refractivity contribution in [3.63, 3.8) is 0 Å². The fourth-order valence-electron chi connectivity index (χ4n) is 1.12. The lowest BCUT2D eigenvalue weighted by Gasteiger charge is -2.02. The Kier molecular flexibility index (Phi) is 2.40. The number of hydrogen-bond donors (Lipinski definition) is 0. The molecule has 0 amide bonds. The van der Waals surface area contributed by atoms with Crippen molar-refractivity contribution in [1.82, 2.24) is 15.0 Å². The highest BCUT2D eigenvalue weighted by atomic mass is 79.9. The molecule has 0 aliphatic carbocycles. The summed E-state index contributed by atoms with van der Waals surface area (Å²) in [5.74, 6) is 0. The standard InChI is InChI=1S/C9H8BrN3/c10-9-4-2-1-3-8(9)7-13-6-5-11-12-13/h1-6H,7H2. The number of rotatable bonds is 2. The molecule has 2 aromatic rings. The first-order valence-electron chi connectivity index (χ1n) is 3.94. The second-order valence-corrected chi connectivity index (χ2v) is 3.55. The van der Waals surface area contributed by atoms with Gasteiger partial charge in [0.15, 0.2) is 0 Å². The van der Waals surface area contributed by atoms with Crippen LogP contribution in [-0.4, -0.2) is 15.0 Å². The van der Waals surface area contributed by atoms with E-state index in [0.29, 0.717) is 0 Å². The van der Waals surface area contributed by atoms with Crippen molar-refractivity contribution in [2.75, 3.05) is 0 Å². The Morgan fingerprint density at radius 3 is 2.85 bits per heavy atom. The van der Waals surface area contributed by atoms with Crippen LogP contribution in [0.25, 0.3) is 0 Å². The molecule has 0 N–H and O–H groups in total. The van der Waals surface area contributed by atoms with Crippen LogP contribution in [0.3, 0.4) is 0 Å². The van der Waals surface area contributed by atoms with Crippen molar-refractivity contribution in [3.8, 4) is 0 Å². The van der Waals surface area contributed by atoms with E-state index in [1.54, 1.807) is 10.9 Å². The van der Waals surface area contributed by atoms with Gasteiger partial charge in [-0.25, -0.2) is 4.68 Å². The van der Waals surface area contributed by atoms with Crippen molar-refractivity contribution in [1.29, 1.82) is 0 Å². The molecule has 0 atom stereocenters. The zero-order valence-electron chi connectivity index (χ0n) is 6.89. The summed E-state index contributed by atoms with van der Waals surface area (Å²) in [5, 5.41) is 7.64. The molecule has 0 radical (unpaired) electrons. The van der Waals surface area contributed by atoms with E-state index >= 15 is 0 Å². The second-order valence-electron chi connectivity index (χ2n) is 2.69. The molecule has 0 aliphatic heterocycles. The summed E-state index contributed by atoms with van der Waals surface area (Å²) in [4.78, 5) is 0. The monoisotopic (exact) mass is 237 g/mol. The van der Waals surface area contributed by atoms with Gasteiger partial charge in [-0.2, -0.15) is 0 Å². The normalized spacial score (nSPS) is 10.2. The smallest absolute Gasteiger partial charge is 0.0693 e. The third-order valence-corrected chi connectivity index (χ3v) is 2.54. The molecular weight excluding hydrogens is 230 g/mol. The van der Waals surface area contributed by atoms with Crippen LogP contribution >= 0.6 is 15.9 Å². The lowest BCUT2D eigenvalue weighted by Crippen LogP contribution is -2.00. The summed E-state index contributed by atoms with van der Waals surface area (Å²) in [7, 11) is 0. The number of aromatic nitrogens is 3. The van der Waals surface area contributed by atoms with Gasteiger partial charge in [-0.1, -0.05) is 39.3 Å². The van der Waals surface area contributed by atoms with Gasteiger partial charge in [0.05, 0.1) is 12.7 Å². The second kappa shape index (κ2) is 3.70. The highest BCUT2D eigenvalue weighted by Crippen LogP contribution is 2.16. The summed E-state index contributed by atoms with van der Waals surface area (Å²) >= 11 is 3.48. The van der Waals surface area contributed by atoms with E-state index in [-0.39, 0.29) is 0 Å². The van der Waals surface area contributed by atoms with Crippen LogP contribution in [0.2, 0.25) is 0 Å². The SMILES string of the molecule is Brc1ccccc1Cn1ccnn1. The van der Waals surface area contributed by atoms with Crippen LogP contribution in [0.5, 0.6) is 0 Å². The first kappa shape index (κ1) is 8.44. The molecule has 4 heteroatoms. The number of halogens is 1. The number of hydrogen-bond acceptors (Lipinski definition) is 2. The molecule has 1 aromatic heterocycles. The Morgan fingerprint density at radius 2 is 2.15 bits per heavy atom. The van der Waals surface area contributed by atoms with E-state index in [0.717, 1.165) is 11.0 Å². The third kappa shape index (κ3) is 1.95. The molecule has 13 heavy (non-hydrogen) atoms. The Morgan fingerprint density at radius 1 is 1.31 bits per heavy atom. The van der Waals surface area contributed by atoms with Crippen LogP contribution in [-0.2, 0) is 6.54 Å². The predicted octanol–water partition coefficient (Wildman–Crippen LogP) is 2.09. The van der Waals surface area contributed by atoms with Gasteiger partial charge in [-0.05, 0) is 11.6 Å². The van der Waals surface area contributed by atoms with Crippen molar-refractivity contribution < 1.29 is 0 Å². The fraction of sp³-hybridized carbons (Fsp3) is 0.111. The molecule has 0 unspecified atom stereocenters. The zero-order valence-corrected chi connectivity index (χ0v) is 8.48. The van der Waals surface area contributed by atoms with E-state index in [1.807, 2.05) is 24.4 Å². The molecular formula is C9H8BrN3. The third-order valence-electron chi connectivity index (χ3n) is 1.76. The maximum Gasteiger partial charge on any atom is 0.0693 e. The van der Waals surface area contributed by atoms with Crippen LogP contribution in [0.1, 0.15) is 5.56 Å². The summed E-state index contributed by atoms with van der Waals surface area (Å²) in [6, 6.07) is 8.09. The predicted molar refractivity (Wildman–Crippen MR) is 53.3 cm³/mol. The topological polar surface area (TPSA) is 30.7 Å². The van der Waals surface area contributed by atoms with E-state index in [1.165, 1.54) is 5.56 Å². The molecule has 1 aromatic carbocycles. The minimum Gasteiger partial charge on any atom is -0.248 e. The molecule has 0 spiro atoms. The van der Waals surface area contributed by atoms with E-state index in [4.69, 9.17) is 0 Å². The molecule has 0 saturated carbocycles. The summed E-state index contributed by atoms with van der Waals surface area (Å²) < 4.78 is 2.89. The van der Waals surface area contributed by atoms with Gasteiger partial charge < -0.3 is 0 Å². The highest BCUT2D eigenvalue weighted by molar-refractivity contribution is 9.10. The zero-order chi connectivity index (χ0) is 9.10. The van der Waals surface area contributed by atoms with Gasteiger partial charge in [0.25, 0.3) is 0 Å².